The summed E-state index contributed by atoms with van der Waals surface area (Å²) in [6, 6.07) is -0.219. The molecule has 1 fully saturated rings. The summed E-state index contributed by atoms with van der Waals surface area (Å²) in [5.41, 5.74) is 6.38. The Kier molecular flexibility index (Phi) is 3.85. The lowest BCUT2D eigenvalue weighted by atomic mass is 9.73. The Hall–Kier alpha value is -1.16. The van der Waals surface area contributed by atoms with Gasteiger partial charge < -0.3 is 10.3 Å². The molecule has 4 heteroatoms. The van der Waals surface area contributed by atoms with E-state index in [-0.39, 0.29) is 6.04 Å². The second-order valence-corrected chi connectivity index (χ2v) is 6.06. The molecule has 0 spiro atoms. The number of nitrogens with zero attached hydrogens (tertiary/aromatic N) is 2. The van der Waals surface area contributed by atoms with Crippen LogP contribution in [0.1, 0.15) is 69.6 Å². The molecular weight excluding hydrogens is 226 g/mol. The molecule has 18 heavy (non-hydrogen) atoms. The van der Waals surface area contributed by atoms with Crippen molar-refractivity contribution in [3.8, 4) is 0 Å². The van der Waals surface area contributed by atoms with Gasteiger partial charge in [0.2, 0.25) is 5.89 Å². The lowest BCUT2D eigenvalue weighted by molar-refractivity contribution is 0.218. The lowest BCUT2D eigenvalue weighted by Crippen LogP contribution is -2.20. The number of rotatable bonds is 4. The molecule has 0 aliphatic heterocycles. The van der Waals surface area contributed by atoms with E-state index < -0.39 is 0 Å². The van der Waals surface area contributed by atoms with Gasteiger partial charge in [-0.15, -0.1) is 6.58 Å². The van der Waals surface area contributed by atoms with Crippen LogP contribution < -0.4 is 5.73 Å². The molecule has 1 saturated carbocycles. The fraction of sp³-hybridized carbons (Fsp3) is 0.714. The average molecular weight is 249 g/mol. The maximum atomic E-state index is 5.92. The molecule has 0 amide bonds. The Morgan fingerprint density at radius 1 is 1.50 bits per heavy atom. The Morgan fingerprint density at radius 3 is 2.78 bits per heavy atom. The van der Waals surface area contributed by atoms with Crippen LogP contribution in [0.5, 0.6) is 0 Å². The van der Waals surface area contributed by atoms with Crippen LogP contribution in [0.15, 0.2) is 17.2 Å². The first-order chi connectivity index (χ1) is 8.52. The number of aromatic nitrogens is 2. The van der Waals surface area contributed by atoms with E-state index in [1.54, 1.807) is 6.08 Å². The Bertz CT molecular complexity index is 401. The van der Waals surface area contributed by atoms with Gasteiger partial charge in [0.15, 0.2) is 5.82 Å². The van der Waals surface area contributed by atoms with Crippen molar-refractivity contribution in [1.82, 2.24) is 10.1 Å². The zero-order valence-corrected chi connectivity index (χ0v) is 11.4. The minimum atomic E-state index is -0.219. The van der Waals surface area contributed by atoms with Crippen LogP contribution in [0, 0.1) is 5.41 Å². The normalized spacial score (nSPS) is 21.7. The number of hydrogen-bond donors (Lipinski definition) is 1. The third kappa shape index (κ3) is 2.99. The zero-order valence-electron chi connectivity index (χ0n) is 11.4. The van der Waals surface area contributed by atoms with Gasteiger partial charge in [-0.2, -0.15) is 4.98 Å². The summed E-state index contributed by atoms with van der Waals surface area (Å²) in [4.78, 5) is 4.45. The van der Waals surface area contributed by atoms with Crippen molar-refractivity contribution >= 4 is 0 Å². The highest BCUT2D eigenvalue weighted by Gasteiger charge is 2.30. The summed E-state index contributed by atoms with van der Waals surface area (Å²) < 4.78 is 5.25. The minimum Gasteiger partial charge on any atom is -0.338 e. The van der Waals surface area contributed by atoms with Gasteiger partial charge in [0.1, 0.15) is 0 Å². The van der Waals surface area contributed by atoms with Crippen LogP contribution in [0.4, 0.5) is 0 Å². The fourth-order valence-corrected chi connectivity index (χ4v) is 2.50. The molecule has 0 aromatic carbocycles. The van der Waals surface area contributed by atoms with Gasteiger partial charge in [0, 0.05) is 5.92 Å². The highest BCUT2D eigenvalue weighted by molar-refractivity contribution is 5.01. The molecule has 4 nitrogen and oxygen atoms in total. The maximum absolute atomic E-state index is 5.92. The second kappa shape index (κ2) is 5.22. The fourth-order valence-electron chi connectivity index (χ4n) is 2.50. The lowest BCUT2D eigenvalue weighted by Gasteiger charge is -2.32. The Labute approximate surface area is 109 Å². The molecule has 100 valence electrons. The summed E-state index contributed by atoms with van der Waals surface area (Å²) in [6.07, 6.45) is 7.17. The van der Waals surface area contributed by atoms with Gasteiger partial charge in [-0.25, -0.2) is 0 Å². The predicted octanol–water partition coefficient (Wildman–Crippen LogP) is 3.33. The van der Waals surface area contributed by atoms with Gasteiger partial charge in [0.25, 0.3) is 0 Å². The Morgan fingerprint density at radius 2 is 2.17 bits per heavy atom. The summed E-state index contributed by atoms with van der Waals surface area (Å²) in [7, 11) is 0. The van der Waals surface area contributed by atoms with Crippen molar-refractivity contribution in [3.05, 3.63) is 24.4 Å². The van der Waals surface area contributed by atoms with E-state index in [9.17, 15) is 0 Å². The second-order valence-electron chi connectivity index (χ2n) is 6.06. The van der Waals surface area contributed by atoms with E-state index >= 15 is 0 Å². The molecule has 0 bridgehead atoms. The third-order valence-corrected chi connectivity index (χ3v) is 3.90. The van der Waals surface area contributed by atoms with Crippen LogP contribution in [-0.2, 0) is 0 Å². The van der Waals surface area contributed by atoms with Gasteiger partial charge in [-0.1, -0.05) is 25.1 Å². The van der Waals surface area contributed by atoms with Crippen LogP contribution in [0.25, 0.3) is 0 Å². The molecule has 1 aromatic heterocycles. The van der Waals surface area contributed by atoms with Crippen molar-refractivity contribution in [2.24, 2.45) is 11.1 Å². The smallest absolute Gasteiger partial charge is 0.243 e. The molecule has 1 unspecified atom stereocenters. The van der Waals surface area contributed by atoms with Crippen molar-refractivity contribution in [3.63, 3.8) is 0 Å². The first-order valence-corrected chi connectivity index (χ1v) is 6.72. The van der Waals surface area contributed by atoms with Crippen LogP contribution >= 0.6 is 0 Å². The molecule has 2 rings (SSSR count). The topological polar surface area (TPSA) is 64.9 Å². The molecular formula is C14H23N3O. The Balaban J connectivity index is 2.00. The van der Waals surface area contributed by atoms with Gasteiger partial charge in [-0.05, 0) is 37.5 Å². The van der Waals surface area contributed by atoms with Crippen molar-refractivity contribution in [1.29, 1.82) is 0 Å². The molecule has 1 aromatic rings. The monoisotopic (exact) mass is 249 g/mol. The van der Waals surface area contributed by atoms with Gasteiger partial charge in [0.05, 0.1) is 6.04 Å². The zero-order chi connectivity index (χ0) is 13.2. The molecule has 1 heterocycles. The molecule has 2 N–H and O–H groups in total. The summed E-state index contributed by atoms with van der Waals surface area (Å²) in [5.74, 6) is 1.81. The highest BCUT2D eigenvalue weighted by Crippen LogP contribution is 2.41. The first kappa shape index (κ1) is 13.3. The van der Waals surface area contributed by atoms with E-state index in [1.165, 1.54) is 12.8 Å². The molecule has 1 aliphatic carbocycles. The first-order valence-electron chi connectivity index (χ1n) is 6.72. The third-order valence-electron chi connectivity index (χ3n) is 3.90. The summed E-state index contributed by atoms with van der Waals surface area (Å²) in [5, 5.41) is 4.09. The molecule has 0 saturated heterocycles. The maximum Gasteiger partial charge on any atom is 0.243 e. The molecule has 0 radical (unpaired) electrons. The highest BCUT2D eigenvalue weighted by atomic mass is 16.5. The van der Waals surface area contributed by atoms with Crippen LogP contribution in [0.3, 0.4) is 0 Å². The quantitative estimate of drug-likeness (QED) is 0.831. The number of hydrogen-bond acceptors (Lipinski definition) is 4. The van der Waals surface area contributed by atoms with E-state index in [0.29, 0.717) is 23.6 Å². The van der Waals surface area contributed by atoms with E-state index in [0.717, 1.165) is 18.7 Å². The van der Waals surface area contributed by atoms with Crippen molar-refractivity contribution in [2.75, 3.05) is 0 Å². The van der Waals surface area contributed by atoms with Gasteiger partial charge >= 0.3 is 0 Å². The molecule has 1 aliphatic rings. The average Bonchev–Trinajstić information content (AvgIpc) is 2.79. The van der Waals surface area contributed by atoms with E-state index in [2.05, 4.69) is 30.6 Å². The van der Waals surface area contributed by atoms with Crippen LogP contribution in [0.2, 0.25) is 0 Å². The van der Waals surface area contributed by atoms with Gasteiger partial charge in [-0.3, -0.25) is 0 Å². The largest absolute Gasteiger partial charge is 0.338 e. The summed E-state index contributed by atoms with van der Waals surface area (Å²) >= 11 is 0. The minimum absolute atomic E-state index is 0.219. The van der Waals surface area contributed by atoms with E-state index in [4.69, 9.17) is 10.3 Å². The SMILES string of the molecule is C=CCC(N)c1nc(C2CCC(C)(C)CC2)no1. The standard InChI is InChI=1S/C14H23N3O/c1-4-5-11(15)13-16-12(17-18-13)10-6-8-14(2,3)9-7-10/h4,10-11H,1,5-9,15H2,2-3H3. The van der Waals surface area contributed by atoms with Crippen molar-refractivity contribution < 1.29 is 4.52 Å². The van der Waals surface area contributed by atoms with E-state index in [1.807, 2.05) is 0 Å². The molecule has 1 atom stereocenters. The van der Waals surface area contributed by atoms with Crippen LogP contribution in [-0.4, -0.2) is 10.1 Å². The van der Waals surface area contributed by atoms with Crippen molar-refractivity contribution in [2.45, 2.75) is 57.9 Å². The predicted molar refractivity (Wildman–Crippen MR) is 71.0 cm³/mol. The number of nitrogens with two attached hydrogens (primary N) is 1. The summed E-state index contributed by atoms with van der Waals surface area (Å²) in [6.45, 7) is 8.32.